The summed E-state index contributed by atoms with van der Waals surface area (Å²) in [7, 11) is 1.59. The molecule has 0 aliphatic heterocycles. The molecule has 0 rings (SSSR count). The van der Waals surface area contributed by atoms with E-state index in [1.54, 1.807) is 13.2 Å². The van der Waals surface area contributed by atoms with Crippen LogP contribution in [0.3, 0.4) is 0 Å². The second kappa shape index (κ2) is 8.62. The van der Waals surface area contributed by atoms with Crippen molar-refractivity contribution in [3.63, 3.8) is 0 Å². The van der Waals surface area contributed by atoms with Crippen molar-refractivity contribution in [1.29, 1.82) is 0 Å². The molecule has 0 amide bonds. The van der Waals surface area contributed by atoms with Gasteiger partial charge in [-0.2, -0.15) is 0 Å². The largest absolute Gasteiger partial charge is 0.392 e. The first kappa shape index (κ1) is 9.62. The molecule has 0 radical (unpaired) electrons. The summed E-state index contributed by atoms with van der Waals surface area (Å²) in [5.41, 5.74) is 0. The van der Waals surface area contributed by atoms with E-state index < -0.39 is 0 Å². The van der Waals surface area contributed by atoms with Crippen molar-refractivity contribution in [3.8, 4) is 0 Å². The fourth-order valence-corrected chi connectivity index (χ4v) is 0.486. The number of hydrogen-bond acceptors (Lipinski definition) is 3. The van der Waals surface area contributed by atoms with Crippen LogP contribution < -0.4 is 0 Å². The molecule has 0 aromatic carbocycles. The fraction of sp³-hybridized carbons (Fsp3) is 0.714. The lowest BCUT2D eigenvalue weighted by atomic mass is 10.4. The molecule has 3 heteroatoms. The van der Waals surface area contributed by atoms with Crippen molar-refractivity contribution >= 4 is 0 Å². The van der Waals surface area contributed by atoms with Crippen molar-refractivity contribution in [2.45, 2.75) is 6.42 Å². The maximum atomic E-state index is 8.32. The Balaban J connectivity index is 2.83. The van der Waals surface area contributed by atoms with Crippen LogP contribution in [0.4, 0.5) is 0 Å². The SMILES string of the molecule is COCOCCC=CCO. The molecule has 0 aromatic rings. The van der Waals surface area contributed by atoms with Crippen LogP contribution in [0.2, 0.25) is 0 Å². The first-order chi connectivity index (χ1) is 4.91. The maximum absolute atomic E-state index is 8.32. The van der Waals surface area contributed by atoms with Crippen molar-refractivity contribution in [1.82, 2.24) is 0 Å². The average molecular weight is 146 g/mol. The van der Waals surface area contributed by atoms with E-state index in [2.05, 4.69) is 4.74 Å². The zero-order valence-corrected chi connectivity index (χ0v) is 6.25. The van der Waals surface area contributed by atoms with Gasteiger partial charge in [-0.15, -0.1) is 0 Å². The second-order valence-corrected chi connectivity index (χ2v) is 1.76. The molecule has 0 bridgehead atoms. The molecule has 0 aliphatic rings. The number of aliphatic hydroxyl groups excluding tert-OH is 1. The minimum absolute atomic E-state index is 0.101. The Kier molecular flexibility index (Phi) is 8.29. The standard InChI is InChI=1S/C7H14O3/c1-9-7-10-6-4-2-3-5-8/h2-3,8H,4-7H2,1H3. The van der Waals surface area contributed by atoms with Gasteiger partial charge in [0.15, 0.2) is 0 Å². The van der Waals surface area contributed by atoms with Crippen LogP contribution >= 0.6 is 0 Å². The van der Waals surface area contributed by atoms with Crippen LogP contribution in [0.5, 0.6) is 0 Å². The molecule has 0 saturated heterocycles. The molecule has 0 saturated carbocycles. The highest BCUT2D eigenvalue weighted by Gasteiger charge is 1.81. The van der Waals surface area contributed by atoms with Crippen LogP contribution in [0.1, 0.15) is 6.42 Å². The summed E-state index contributed by atoms with van der Waals surface area (Å²) in [5, 5.41) is 8.32. The predicted octanol–water partition coefficient (Wildman–Crippen LogP) is 0.546. The Labute approximate surface area is 61.3 Å². The lowest BCUT2D eigenvalue weighted by Crippen LogP contribution is -1.96. The van der Waals surface area contributed by atoms with Crippen LogP contribution in [-0.2, 0) is 9.47 Å². The van der Waals surface area contributed by atoms with E-state index in [0.717, 1.165) is 6.42 Å². The van der Waals surface area contributed by atoms with Crippen molar-refractivity contribution < 1.29 is 14.6 Å². The minimum atomic E-state index is 0.101. The molecule has 1 N–H and O–H groups in total. The number of hydrogen-bond donors (Lipinski definition) is 1. The third kappa shape index (κ3) is 7.62. The zero-order chi connectivity index (χ0) is 7.66. The Morgan fingerprint density at radius 1 is 1.40 bits per heavy atom. The topological polar surface area (TPSA) is 38.7 Å². The van der Waals surface area contributed by atoms with E-state index in [9.17, 15) is 0 Å². The van der Waals surface area contributed by atoms with Crippen molar-refractivity contribution in [2.24, 2.45) is 0 Å². The van der Waals surface area contributed by atoms with Gasteiger partial charge in [-0.05, 0) is 6.42 Å². The molecular weight excluding hydrogens is 132 g/mol. The monoisotopic (exact) mass is 146 g/mol. The first-order valence-corrected chi connectivity index (χ1v) is 3.24. The summed E-state index contributed by atoms with van der Waals surface area (Å²) in [6.45, 7) is 1.08. The summed E-state index contributed by atoms with van der Waals surface area (Å²) >= 11 is 0. The van der Waals surface area contributed by atoms with E-state index in [4.69, 9.17) is 9.84 Å². The van der Waals surface area contributed by atoms with Gasteiger partial charge in [0.05, 0.1) is 13.2 Å². The van der Waals surface area contributed by atoms with Crippen LogP contribution in [0.25, 0.3) is 0 Å². The Bertz CT molecular complexity index is 80.9. The van der Waals surface area contributed by atoms with E-state index in [1.807, 2.05) is 6.08 Å². The lowest BCUT2D eigenvalue weighted by molar-refractivity contribution is -0.0285. The summed E-state index contributed by atoms with van der Waals surface area (Å²) in [6, 6.07) is 0. The first-order valence-electron chi connectivity index (χ1n) is 3.24. The number of ether oxygens (including phenoxy) is 2. The van der Waals surface area contributed by atoms with E-state index in [1.165, 1.54) is 0 Å². The maximum Gasteiger partial charge on any atom is 0.146 e. The normalized spacial score (nSPS) is 11.0. The Morgan fingerprint density at radius 3 is 2.80 bits per heavy atom. The third-order valence-electron chi connectivity index (χ3n) is 0.902. The lowest BCUT2D eigenvalue weighted by Gasteiger charge is -1.97. The van der Waals surface area contributed by atoms with Crippen LogP contribution in [-0.4, -0.2) is 32.2 Å². The second-order valence-electron chi connectivity index (χ2n) is 1.76. The molecule has 10 heavy (non-hydrogen) atoms. The van der Waals surface area contributed by atoms with Gasteiger partial charge in [-0.3, -0.25) is 0 Å². The summed E-state index contributed by atoms with van der Waals surface area (Å²) < 4.78 is 9.63. The fourth-order valence-electron chi connectivity index (χ4n) is 0.486. The highest BCUT2D eigenvalue weighted by Crippen LogP contribution is 1.84. The van der Waals surface area contributed by atoms with E-state index in [-0.39, 0.29) is 6.61 Å². The zero-order valence-electron chi connectivity index (χ0n) is 6.25. The third-order valence-corrected chi connectivity index (χ3v) is 0.902. The minimum Gasteiger partial charge on any atom is -0.392 e. The quantitative estimate of drug-likeness (QED) is 0.338. The van der Waals surface area contributed by atoms with Gasteiger partial charge in [0.25, 0.3) is 0 Å². The van der Waals surface area contributed by atoms with Gasteiger partial charge in [0.2, 0.25) is 0 Å². The van der Waals surface area contributed by atoms with E-state index in [0.29, 0.717) is 13.4 Å². The predicted molar refractivity (Wildman–Crippen MR) is 38.7 cm³/mol. The van der Waals surface area contributed by atoms with Gasteiger partial charge in [0.1, 0.15) is 6.79 Å². The molecule has 0 spiro atoms. The van der Waals surface area contributed by atoms with Gasteiger partial charge in [-0.25, -0.2) is 0 Å². The smallest absolute Gasteiger partial charge is 0.146 e. The highest BCUT2D eigenvalue weighted by molar-refractivity contribution is 4.80. The number of aliphatic hydroxyl groups is 1. The molecule has 0 aromatic heterocycles. The molecule has 60 valence electrons. The molecule has 0 unspecified atom stereocenters. The van der Waals surface area contributed by atoms with E-state index >= 15 is 0 Å². The molecule has 0 heterocycles. The summed E-state index contributed by atoms with van der Waals surface area (Å²) in [6.07, 6.45) is 4.38. The number of methoxy groups -OCH3 is 1. The van der Waals surface area contributed by atoms with Gasteiger partial charge < -0.3 is 14.6 Å². The van der Waals surface area contributed by atoms with Gasteiger partial charge in [0, 0.05) is 7.11 Å². The summed E-state index contributed by atoms with van der Waals surface area (Å²) in [5.74, 6) is 0. The Hall–Kier alpha value is -0.380. The summed E-state index contributed by atoms with van der Waals surface area (Å²) in [4.78, 5) is 0. The number of rotatable bonds is 6. The Morgan fingerprint density at radius 2 is 2.20 bits per heavy atom. The average Bonchev–Trinajstić information content (AvgIpc) is 1.97. The molecule has 0 atom stereocenters. The van der Waals surface area contributed by atoms with Crippen molar-refractivity contribution in [3.05, 3.63) is 12.2 Å². The molecule has 0 aliphatic carbocycles. The van der Waals surface area contributed by atoms with Gasteiger partial charge in [-0.1, -0.05) is 12.2 Å². The highest BCUT2D eigenvalue weighted by atomic mass is 16.7. The molecular formula is C7H14O3. The van der Waals surface area contributed by atoms with Gasteiger partial charge >= 0.3 is 0 Å². The molecule has 0 fully saturated rings. The van der Waals surface area contributed by atoms with Crippen LogP contribution in [0, 0.1) is 0 Å². The van der Waals surface area contributed by atoms with Crippen LogP contribution in [0.15, 0.2) is 12.2 Å². The molecule has 3 nitrogen and oxygen atoms in total. The van der Waals surface area contributed by atoms with Crippen molar-refractivity contribution in [2.75, 3.05) is 27.1 Å².